The first-order chi connectivity index (χ1) is 6.95. The molecule has 0 aromatic carbocycles. The molecule has 0 unspecified atom stereocenters. The fraction of sp³-hybridized carbons (Fsp3) is 0.571. The zero-order valence-corrected chi connectivity index (χ0v) is 8.08. The zero-order chi connectivity index (χ0) is 8.86. The number of hydrogen-bond donors (Lipinski definition) is 0. The summed E-state index contributed by atoms with van der Waals surface area (Å²) in [5.41, 5.74) is 0. The van der Waals surface area contributed by atoms with Gasteiger partial charge in [0.1, 0.15) is 0 Å². The summed E-state index contributed by atoms with van der Waals surface area (Å²) in [6.07, 6.45) is 15.2. The smallest absolute Gasteiger partial charge is 0.0127 e. The molecule has 0 heterocycles. The van der Waals surface area contributed by atoms with Gasteiger partial charge < -0.3 is 0 Å². The first kappa shape index (κ1) is 6.66. The van der Waals surface area contributed by atoms with Crippen molar-refractivity contribution in [3.05, 3.63) is 36.5 Å². The Hall–Kier alpha value is -0.780. The Kier molecular flexibility index (Phi) is 0.857. The van der Waals surface area contributed by atoms with Crippen LogP contribution in [0, 0.1) is 47.3 Å². The molecule has 0 nitrogen and oxygen atoms in total. The maximum absolute atomic E-state index is 2.54. The SMILES string of the molecule is C1=CC2C3C=CC4C5C=CC(C1C35)C24. The summed E-state index contributed by atoms with van der Waals surface area (Å²) >= 11 is 0. The summed E-state index contributed by atoms with van der Waals surface area (Å²) < 4.78 is 0. The molecule has 0 aromatic heterocycles. The Morgan fingerprint density at radius 1 is 0.357 bits per heavy atom. The van der Waals surface area contributed by atoms with Crippen LogP contribution in [0.1, 0.15) is 0 Å². The van der Waals surface area contributed by atoms with Gasteiger partial charge in [-0.05, 0) is 47.3 Å². The minimum absolute atomic E-state index is 0.909. The van der Waals surface area contributed by atoms with Crippen molar-refractivity contribution in [2.75, 3.05) is 0 Å². The summed E-state index contributed by atoms with van der Waals surface area (Å²) in [6, 6.07) is 0. The molecule has 9 rings (SSSR count). The van der Waals surface area contributed by atoms with E-state index in [0.717, 1.165) is 47.3 Å². The predicted molar refractivity (Wildman–Crippen MR) is 55.3 cm³/mol. The quantitative estimate of drug-likeness (QED) is 0.505. The average molecular weight is 182 g/mol. The highest BCUT2D eigenvalue weighted by atomic mass is 14.7. The summed E-state index contributed by atoms with van der Waals surface area (Å²) in [5, 5.41) is 0. The maximum atomic E-state index is 2.54. The van der Waals surface area contributed by atoms with Crippen LogP contribution in [0.5, 0.6) is 0 Å². The van der Waals surface area contributed by atoms with Gasteiger partial charge in [-0.25, -0.2) is 0 Å². The van der Waals surface area contributed by atoms with Crippen LogP contribution < -0.4 is 0 Å². The van der Waals surface area contributed by atoms with E-state index in [-0.39, 0.29) is 0 Å². The topological polar surface area (TPSA) is 0 Å². The molecule has 9 aliphatic carbocycles. The molecule has 14 heavy (non-hydrogen) atoms. The molecular weight excluding hydrogens is 168 g/mol. The van der Waals surface area contributed by atoms with Crippen molar-refractivity contribution in [2.45, 2.75) is 0 Å². The summed E-state index contributed by atoms with van der Waals surface area (Å²) in [7, 11) is 0. The third-order valence-electron chi connectivity index (χ3n) is 5.67. The van der Waals surface area contributed by atoms with Gasteiger partial charge in [-0.3, -0.25) is 0 Å². The molecule has 0 radical (unpaired) electrons. The molecule has 9 aliphatic rings. The van der Waals surface area contributed by atoms with Crippen molar-refractivity contribution in [1.29, 1.82) is 0 Å². The van der Waals surface area contributed by atoms with E-state index in [2.05, 4.69) is 36.5 Å². The molecule has 0 N–H and O–H groups in total. The lowest BCUT2D eigenvalue weighted by atomic mass is 9.36. The van der Waals surface area contributed by atoms with Crippen molar-refractivity contribution < 1.29 is 0 Å². The molecule has 0 heteroatoms. The van der Waals surface area contributed by atoms with Crippen molar-refractivity contribution in [1.82, 2.24) is 0 Å². The van der Waals surface area contributed by atoms with Crippen molar-refractivity contribution >= 4 is 0 Å². The van der Waals surface area contributed by atoms with Gasteiger partial charge in [0, 0.05) is 0 Å². The zero-order valence-electron chi connectivity index (χ0n) is 8.08. The van der Waals surface area contributed by atoms with Crippen LogP contribution in [0.15, 0.2) is 36.5 Å². The largest absolute Gasteiger partial charge is 0.0842 e. The Morgan fingerprint density at radius 2 is 0.571 bits per heavy atom. The van der Waals surface area contributed by atoms with E-state index in [4.69, 9.17) is 0 Å². The van der Waals surface area contributed by atoms with E-state index < -0.39 is 0 Å². The molecule has 70 valence electrons. The van der Waals surface area contributed by atoms with Gasteiger partial charge >= 0.3 is 0 Å². The highest BCUT2D eigenvalue weighted by Crippen LogP contribution is 2.68. The summed E-state index contributed by atoms with van der Waals surface area (Å²) in [5.74, 6) is 7.42. The van der Waals surface area contributed by atoms with Gasteiger partial charge in [-0.2, -0.15) is 0 Å². The number of hydrogen-bond acceptors (Lipinski definition) is 0. The Morgan fingerprint density at radius 3 is 0.786 bits per heavy atom. The molecule has 3 fully saturated rings. The summed E-state index contributed by atoms with van der Waals surface area (Å²) in [4.78, 5) is 0. The van der Waals surface area contributed by atoms with Gasteiger partial charge in [-0.1, -0.05) is 36.5 Å². The average Bonchev–Trinajstić information content (AvgIpc) is 2.30. The number of rotatable bonds is 0. The minimum atomic E-state index is 0.909. The monoisotopic (exact) mass is 182 g/mol. The second-order valence-corrected chi connectivity index (χ2v) is 5.77. The van der Waals surface area contributed by atoms with E-state index in [1.165, 1.54) is 0 Å². The highest BCUT2D eigenvalue weighted by Gasteiger charge is 2.63. The molecule has 0 spiro atoms. The van der Waals surface area contributed by atoms with Crippen molar-refractivity contribution in [2.24, 2.45) is 47.3 Å². The number of allylic oxidation sites excluding steroid dienone is 6. The Labute approximate surface area is 84.4 Å². The van der Waals surface area contributed by atoms with Crippen LogP contribution in [0.3, 0.4) is 0 Å². The molecule has 8 bridgehead atoms. The maximum Gasteiger partial charge on any atom is -0.0127 e. The van der Waals surface area contributed by atoms with E-state index in [1.807, 2.05) is 0 Å². The van der Waals surface area contributed by atoms with Crippen LogP contribution in [-0.4, -0.2) is 0 Å². The molecular formula is C14H14. The van der Waals surface area contributed by atoms with Crippen molar-refractivity contribution in [3.8, 4) is 0 Å². The first-order valence-electron chi connectivity index (χ1n) is 6.00. The second kappa shape index (κ2) is 1.80. The third kappa shape index (κ3) is 0.465. The molecule has 0 amide bonds. The van der Waals surface area contributed by atoms with Crippen LogP contribution in [0.4, 0.5) is 0 Å². The van der Waals surface area contributed by atoms with E-state index in [0.29, 0.717) is 0 Å². The molecule has 0 saturated heterocycles. The second-order valence-electron chi connectivity index (χ2n) is 5.77. The Balaban J connectivity index is 1.90. The van der Waals surface area contributed by atoms with Crippen LogP contribution in [-0.2, 0) is 0 Å². The van der Waals surface area contributed by atoms with Crippen molar-refractivity contribution in [3.63, 3.8) is 0 Å². The van der Waals surface area contributed by atoms with Gasteiger partial charge in [-0.15, -0.1) is 0 Å². The fourth-order valence-electron chi connectivity index (χ4n) is 5.39. The van der Waals surface area contributed by atoms with Gasteiger partial charge in [0.15, 0.2) is 0 Å². The van der Waals surface area contributed by atoms with Crippen LogP contribution in [0.25, 0.3) is 0 Å². The van der Waals surface area contributed by atoms with E-state index in [9.17, 15) is 0 Å². The highest BCUT2D eigenvalue weighted by molar-refractivity contribution is 5.36. The third-order valence-corrected chi connectivity index (χ3v) is 5.67. The van der Waals surface area contributed by atoms with Gasteiger partial charge in [0.2, 0.25) is 0 Å². The Bertz CT molecular complexity index is 302. The lowest BCUT2D eigenvalue weighted by Crippen LogP contribution is -2.62. The van der Waals surface area contributed by atoms with Gasteiger partial charge in [0.05, 0.1) is 0 Å². The molecule has 0 atom stereocenters. The van der Waals surface area contributed by atoms with Gasteiger partial charge in [0.25, 0.3) is 0 Å². The molecule has 0 aliphatic heterocycles. The van der Waals surface area contributed by atoms with Crippen LogP contribution in [0.2, 0.25) is 0 Å². The van der Waals surface area contributed by atoms with E-state index >= 15 is 0 Å². The minimum Gasteiger partial charge on any atom is -0.0842 e. The first-order valence-corrected chi connectivity index (χ1v) is 6.00. The van der Waals surface area contributed by atoms with Crippen LogP contribution >= 0.6 is 0 Å². The normalized spacial score (nSPS) is 68.6. The lowest BCUT2D eigenvalue weighted by molar-refractivity contribution is -0.0955. The molecule has 3 saturated carbocycles. The summed E-state index contributed by atoms with van der Waals surface area (Å²) in [6.45, 7) is 0. The van der Waals surface area contributed by atoms with E-state index in [1.54, 1.807) is 0 Å². The lowest BCUT2D eigenvalue weighted by Gasteiger charge is -2.67. The standard InChI is InChI=1S/C14H14/c1-2-8-10-5-6-12-11-4-3-9(14(8)12)7(1)13(10)11/h1-14H. The fourth-order valence-corrected chi connectivity index (χ4v) is 5.39. The molecule has 0 aromatic rings. The predicted octanol–water partition coefficient (Wildman–Crippen LogP) is 2.65.